The molecule has 1 aliphatic rings. The largest absolute Gasteiger partial charge is 0.387 e. The lowest BCUT2D eigenvalue weighted by molar-refractivity contribution is 0.144. The van der Waals surface area contributed by atoms with E-state index in [-0.39, 0.29) is 11.7 Å². The molecule has 2 aromatic rings. The summed E-state index contributed by atoms with van der Waals surface area (Å²) in [7, 11) is 0. The van der Waals surface area contributed by atoms with Gasteiger partial charge >= 0.3 is 5.69 Å². The van der Waals surface area contributed by atoms with Gasteiger partial charge in [-0.25, -0.2) is 4.79 Å². The Bertz CT molecular complexity index is 599. The summed E-state index contributed by atoms with van der Waals surface area (Å²) in [6.45, 7) is 0.550. The molecule has 1 aliphatic heterocycles. The van der Waals surface area contributed by atoms with Gasteiger partial charge in [-0.15, -0.1) is 0 Å². The van der Waals surface area contributed by atoms with Crippen LogP contribution >= 0.6 is 0 Å². The number of imidazole rings is 1. The van der Waals surface area contributed by atoms with Gasteiger partial charge in [-0.3, -0.25) is 4.57 Å². The van der Waals surface area contributed by atoms with Crippen molar-refractivity contribution >= 4 is 11.0 Å². The fourth-order valence-corrected chi connectivity index (χ4v) is 2.37. The van der Waals surface area contributed by atoms with Crippen LogP contribution in [0.3, 0.4) is 0 Å². The van der Waals surface area contributed by atoms with Crippen molar-refractivity contribution in [3.05, 3.63) is 34.2 Å². The van der Waals surface area contributed by atoms with Gasteiger partial charge in [0.25, 0.3) is 0 Å². The second-order valence-corrected chi connectivity index (χ2v) is 4.22. The van der Waals surface area contributed by atoms with Crippen LogP contribution in [-0.4, -0.2) is 20.7 Å². The van der Waals surface area contributed by atoms with Crippen molar-refractivity contribution in [2.24, 2.45) is 5.73 Å². The van der Waals surface area contributed by atoms with Gasteiger partial charge in [0.05, 0.1) is 17.1 Å². The standard InChI is InChI=1S/C11H13N3O2/c12-7-4-5-14-9-6(10(7)15)2-1-3-8(9)13-11(14)16/h1-3,7,10,15H,4-5,12H2,(H,13,16)/t7?,10-/m1/s1. The molecule has 0 spiro atoms. The molecule has 2 atom stereocenters. The molecule has 84 valence electrons. The summed E-state index contributed by atoms with van der Waals surface area (Å²) in [5.74, 6) is 0. The average molecular weight is 219 g/mol. The Morgan fingerprint density at radius 3 is 3.12 bits per heavy atom. The molecular weight excluding hydrogens is 206 g/mol. The van der Waals surface area contributed by atoms with Crippen molar-refractivity contribution in [1.82, 2.24) is 9.55 Å². The van der Waals surface area contributed by atoms with E-state index in [0.29, 0.717) is 13.0 Å². The van der Waals surface area contributed by atoms with E-state index in [1.807, 2.05) is 18.2 Å². The lowest BCUT2D eigenvalue weighted by Crippen LogP contribution is -2.28. The van der Waals surface area contributed by atoms with E-state index >= 15 is 0 Å². The Hall–Kier alpha value is -1.59. The third-order valence-electron chi connectivity index (χ3n) is 3.23. The van der Waals surface area contributed by atoms with Gasteiger partial charge in [0.15, 0.2) is 0 Å². The zero-order valence-electron chi connectivity index (χ0n) is 8.68. The summed E-state index contributed by atoms with van der Waals surface area (Å²) in [5.41, 5.74) is 8.01. The van der Waals surface area contributed by atoms with Crippen LogP contribution in [-0.2, 0) is 6.54 Å². The summed E-state index contributed by atoms with van der Waals surface area (Å²) < 4.78 is 1.65. The Balaban J connectivity index is 2.41. The minimum Gasteiger partial charge on any atom is -0.387 e. The Labute approximate surface area is 91.5 Å². The van der Waals surface area contributed by atoms with Gasteiger partial charge in [-0.05, 0) is 12.5 Å². The van der Waals surface area contributed by atoms with Crippen LogP contribution in [0, 0.1) is 0 Å². The molecule has 1 unspecified atom stereocenters. The summed E-state index contributed by atoms with van der Waals surface area (Å²) in [6, 6.07) is 5.16. The molecule has 1 aromatic heterocycles. The molecule has 0 saturated heterocycles. The monoisotopic (exact) mass is 219 g/mol. The van der Waals surface area contributed by atoms with Crippen molar-refractivity contribution in [3.63, 3.8) is 0 Å². The fourth-order valence-electron chi connectivity index (χ4n) is 2.37. The van der Waals surface area contributed by atoms with Crippen LogP contribution in [0.2, 0.25) is 0 Å². The van der Waals surface area contributed by atoms with Crippen LogP contribution in [0.1, 0.15) is 18.1 Å². The molecule has 0 aliphatic carbocycles. The number of aromatic nitrogens is 2. The highest BCUT2D eigenvalue weighted by atomic mass is 16.3. The fraction of sp³-hybridized carbons (Fsp3) is 0.364. The highest BCUT2D eigenvalue weighted by Gasteiger charge is 2.25. The molecule has 0 radical (unpaired) electrons. The average Bonchev–Trinajstić information content (AvgIpc) is 2.53. The molecule has 0 fully saturated rings. The van der Waals surface area contributed by atoms with Crippen LogP contribution in [0.4, 0.5) is 0 Å². The number of nitrogens with zero attached hydrogens (tertiary/aromatic N) is 1. The SMILES string of the molecule is NC1CCn2c(=O)[nH]c3cccc(c32)[C@H]1O. The minimum atomic E-state index is -0.701. The molecule has 16 heavy (non-hydrogen) atoms. The van der Waals surface area contributed by atoms with E-state index in [4.69, 9.17) is 5.73 Å². The number of rotatable bonds is 0. The molecule has 2 heterocycles. The predicted molar refractivity (Wildman–Crippen MR) is 60.1 cm³/mol. The summed E-state index contributed by atoms with van der Waals surface area (Å²) in [6.07, 6.45) is -0.101. The second-order valence-electron chi connectivity index (χ2n) is 4.22. The first-order valence-corrected chi connectivity index (χ1v) is 5.33. The Kier molecular flexibility index (Phi) is 1.92. The third-order valence-corrected chi connectivity index (χ3v) is 3.23. The molecule has 0 saturated carbocycles. The lowest BCUT2D eigenvalue weighted by Gasteiger charge is -2.15. The van der Waals surface area contributed by atoms with E-state index in [1.54, 1.807) is 4.57 Å². The topological polar surface area (TPSA) is 84.0 Å². The normalized spacial score (nSPS) is 24.6. The summed E-state index contributed by atoms with van der Waals surface area (Å²) in [5, 5.41) is 10.1. The van der Waals surface area contributed by atoms with Crippen LogP contribution in [0.5, 0.6) is 0 Å². The van der Waals surface area contributed by atoms with Crippen molar-refractivity contribution in [2.45, 2.75) is 25.1 Å². The number of aromatic amines is 1. The van der Waals surface area contributed by atoms with E-state index < -0.39 is 6.10 Å². The number of benzene rings is 1. The maximum atomic E-state index is 11.7. The van der Waals surface area contributed by atoms with Crippen LogP contribution in [0.25, 0.3) is 11.0 Å². The number of H-pyrrole nitrogens is 1. The van der Waals surface area contributed by atoms with Gasteiger partial charge in [-0.1, -0.05) is 12.1 Å². The number of para-hydroxylation sites is 1. The number of nitrogens with one attached hydrogen (secondary N) is 1. The van der Waals surface area contributed by atoms with E-state index in [9.17, 15) is 9.90 Å². The van der Waals surface area contributed by atoms with E-state index in [2.05, 4.69) is 4.98 Å². The minimum absolute atomic E-state index is 0.135. The van der Waals surface area contributed by atoms with Crippen molar-refractivity contribution in [2.75, 3.05) is 0 Å². The number of aliphatic hydroxyl groups is 1. The zero-order valence-corrected chi connectivity index (χ0v) is 8.68. The first-order valence-electron chi connectivity index (χ1n) is 5.33. The molecule has 3 rings (SSSR count). The van der Waals surface area contributed by atoms with Gasteiger partial charge < -0.3 is 15.8 Å². The number of aryl methyl sites for hydroxylation is 1. The van der Waals surface area contributed by atoms with Crippen molar-refractivity contribution in [3.8, 4) is 0 Å². The third kappa shape index (κ3) is 1.15. The number of aliphatic hydroxyl groups excluding tert-OH is 1. The highest BCUT2D eigenvalue weighted by Crippen LogP contribution is 2.28. The maximum absolute atomic E-state index is 11.7. The van der Waals surface area contributed by atoms with Crippen molar-refractivity contribution < 1.29 is 5.11 Å². The van der Waals surface area contributed by atoms with Gasteiger partial charge in [0.1, 0.15) is 0 Å². The summed E-state index contributed by atoms with van der Waals surface area (Å²) in [4.78, 5) is 14.5. The van der Waals surface area contributed by atoms with E-state index in [0.717, 1.165) is 16.6 Å². The van der Waals surface area contributed by atoms with Gasteiger partial charge in [0, 0.05) is 18.2 Å². The molecule has 5 heteroatoms. The second kappa shape index (κ2) is 3.20. The van der Waals surface area contributed by atoms with Crippen molar-refractivity contribution in [1.29, 1.82) is 0 Å². The highest BCUT2D eigenvalue weighted by molar-refractivity contribution is 5.79. The van der Waals surface area contributed by atoms with Crippen LogP contribution < -0.4 is 11.4 Å². The maximum Gasteiger partial charge on any atom is 0.326 e. The lowest BCUT2D eigenvalue weighted by atomic mass is 10.0. The quantitative estimate of drug-likeness (QED) is 0.587. The van der Waals surface area contributed by atoms with E-state index in [1.165, 1.54) is 0 Å². The van der Waals surface area contributed by atoms with Crippen LogP contribution in [0.15, 0.2) is 23.0 Å². The molecule has 1 aromatic carbocycles. The smallest absolute Gasteiger partial charge is 0.326 e. The molecule has 4 N–H and O–H groups in total. The zero-order chi connectivity index (χ0) is 11.3. The predicted octanol–water partition coefficient (Wildman–Crippen LogP) is 0.0940. The Morgan fingerprint density at radius 2 is 2.31 bits per heavy atom. The summed E-state index contributed by atoms with van der Waals surface area (Å²) >= 11 is 0. The molecule has 0 amide bonds. The molecule has 0 bridgehead atoms. The number of hydrogen-bond acceptors (Lipinski definition) is 3. The Morgan fingerprint density at radius 1 is 1.50 bits per heavy atom. The number of hydrogen-bond donors (Lipinski definition) is 3. The first-order chi connectivity index (χ1) is 7.68. The molecule has 5 nitrogen and oxygen atoms in total. The van der Waals surface area contributed by atoms with Gasteiger partial charge in [0.2, 0.25) is 0 Å². The first kappa shape index (κ1) is 9.62. The number of nitrogens with two attached hydrogens (primary N) is 1. The van der Waals surface area contributed by atoms with Gasteiger partial charge in [-0.2, -0.15) is 0 Å². The molecular formula is C11H13N3O2.